The van der Waals surface area contributed by atoms with Crippen molar-refractivity contribution in [1.29, 1.82) is 0 Å². The lowest BCUT2D eigenvalue weighted by molar-refractivity contribution is 0.220. The van der Waals surface area contributed by atoms with Crippen molar-refractivity contribution in [2.24, 2.45) is 0 Å². The molecule has 1 aromatic heterocycles. The number of aromatic nitrogens is 1. The first-order valence-corrected chi connectivity index (χ1v) is 10.1. The Morgan fingerprint density at radius 3 is 2.24 bits per heavy atom. The number of sulfonamides is 1. The number of piperidine rings is 1. The molecular weight excluding hydrogens is 334 g/mol. The molecule has 0 atom stereocenters. The number of benzene rings is 1. The molecule has 0 bridgehead atoms. The Labute approximate surface area is 150 Å². The molecule has 25 heavy (non-hydrogen) atoms. The summed E-state index contributed by atoms with van der Waals surface area (Å²) < 4.78 is 25.5. The van der Waals surface area contributed by atoms with Crippen LogP contribution >= 0.6 is 0 Å². The summed E-state index contributed by atoms with van der Waals surface area (Å²) in [5.74, 6) is 0. The average molecular weight is 359 g/mol. The van der Waals surface area contributed by atoms with Gasteiger partial charge in [-0.05, 0) is 49.7 Å². The van der Waals surface area contributed by atoms with E-state index < -0.39 is 10.0 Å². The normalized spacial score (nSPS) is 16.3. The monoisotopic (exact) mass is 359 g/mol. The largest absolute Gasteiger partial charge is 0.299 e. The van der Waals surface area contributed by atoms with Crippen LogP contribution in [0.3, 0.4) is 0 Å². The molecule has 0 radical (unpaired) electrons. The molecule has 1 saturated heterocycles. The summed E-state index contributed by atoms with van der Waals surface area (Å²) in [5, 5.41) is 0. The number of nitrogens with zero attached hydrogens (tertiary/aromatic N) is 3. The maximum atomic E-state index is 12.1. The molecule has 1 fully saturated rings. The van der Waals surface area contributed by atoms with E-state index in [0.717, 1.165) is 17.8 Å². The molecule has 134 valence electrons. The van der Waals surface area contributed by atoms with Crippen molar-refractivity contribution < 1.29 is 8.42 Å². The van der Waals surface area contributed by atoms with Crippen molar-refractivity contribution in [3.63, 3.8) is 0 Å². The number of hydrogen-bond donors (Lipinski definition) is 0. The van der Waals surface area contributed by atoms with Gasteiger partial charge in [-0.25, -0.2) is 12.7 Å². The highest BCUT2D eigenvalue weighted by Crippen LogP contribution is 2.21. The molecule has 1 aliphatic heterocycles. The van der Waals surface area contributed by atoms with Gasteiger partial charge in [0.1, 0.15) is 0 Å². The zero-order valence-electron chi connectivity index (χ0n) is 14.9. The molecule has 0 spiro atoms. The minimum absolute atomic E-state index is 0.294. The lowest BCUT2D eigenvalue weighted by Crippen LogP contribution is -2.29. The van der Waals surface area contributed by atoms with Crippen LogP contribution in [0.4, 0.5) is 0 Å². The first kappa shape index (κ1) is 18.0. The van der Waals surface area contributed by atoms with E-state index in [0.29, 0.717) is 4.90 Å². The zero-order valence-corrected chi connectivity index (χ0v) is 15.7. The van der Waals surface area contributed by atoms with Crippen LogP contribution < -0.4 is 0 Å². The van der Waals surface area contributed by atoms with Gasteiger partial charge in [-0.3, -0.25) is 9.88 Å². The molecule has 0 aliphatic carbocycles. The summed E-state index contributed by atoms with van der Waals surface area (Å²) in [7, 11) is -0.324. The summed E-state index contributed by atoms with van der Waals surface area (Å²) in [6.45, 7) is 3.29. The summed E-state index contributed by atoms with van der Waals surface area (Å²) in [5.41, 5.74) is 3.00. The van der Waals surface area contributed by atoms with Gasteiger partial charge in [-0.15, -0.1) is 0 Å². The van der Waals surface area contributed by atoms with Gasteiger partial charge in [0.25, 0.3) is 0 Å². The molecule has 2 aromatic rings. The molecule has 2 heterocycles. The molecule has 5 nitrogen and oxygen atoms in total. The van der Waals surface area contributed by atoms with E-state index in [-0.39, 0.29) is 0 Å². The Hall–Kier alpha value is -1.76. The van der Waals surface area contributed by atoms with Crippen LogP contribution in [0.25, 0.3) is 11.3 Å². The van der Waals surface area contributed by atoms with Crippen molar-refractivity contribution in [2.45, 2.75) is 30.7 Å². The molecule has 1 aromatic carbocycles. The van der Waals surface area contributed by atoms with Gasteiger partial charge in [-0.1, -0.05) is 24.6 Å². The van der Waals surface area contributed by atoms with Gasteiger partial charge in [0, 0.05) is 32.4 Å². The first-order valence-electron chi connectivity index (χ1n) is 8.67. The summed E-state index contributed by atoms with van der Waals surface area (Å²) in [6, 6.07) is 11.0. The van der Waals surface area contributed by atoms with Crippen LogP contribution in [-0.2, 0) is 16.6 Å². The molecule has 0 saturated carbocycles. The highest BCUT2D eigenvalue weighted by molar-refractivity contribution is 7.89. The third-order valence-electron chi connectivity index (χ3n) is 4.61. The van der Waals surface area contributed by atoms with Crippen molar-refractivity contribution >= 4 is 10.0 Å². The Balaban J connectivity index is 1.72. The van der Waals surface area contributed by atoms with Crippen LogP contribution in [0.1, 0.15) is 24.8 Å². The van der Waals surface area contributed by atoms with Crippen LogP contribution in [0, 0.1) is 0 Å². The SMILES string of the molecule is CN(C)S(=O)(=O)c1ccc(-c2ccc(CN3CCCCC3)cn2)cc1. The molecular formula is C19H25N3O2S. The van der Waals surface area contributed by atoms with Crippen molar-refractivity contribution in [1.82, 2.24) is 14.2 Å². The maximum absolute atomic E-state index is 12.1. The van der Waals surface area contributed by atoms with Crippen LogP contribution in [0.5, 0.6) is 0 Å². The van der Waals surface area contributed by atoms with Gasteiger partial charge in [0.2, 0.25) is 10.0 Å². The number of hydrogen-bond acceptors (Lipinski definition) is 4. The van der Waals surface area contributed by atoms with E-state index in [1.165, 1.54) is 56.3 Å². The second kappa shape index (κ2) is 7.64. The Kier molecular flexibility index (Phi) is 5.51. The minimum atomic E-state index is -3.39. The molecule has 0 N–H and O–H groups in total. The van der Waals surface area contributed by atoms with E-state index in [1.54, 1.807) is 12.1 Å². The van der Waals surface area contributed by atoms with Crippen LogP contribution in [-0.4, -0.2) is 49.8 Å². The number of likely N-dealkylation sites (tertiary alicyclic amines) is 1. The third kappa shape index (κ3) is 4.26. The van der Waals surface area contributed by atoms with Crippen LogP contribution in [0.2, 0.25) is 0 Å². The molecule has 1 aliphatic rings. The third-order valence-corrected chi connectivity index (χ3v) is 6.44. The van der Waals surface area contributed by atoms with Gasteiger partial charge in [-0.2, -0.15) is 0 Å². The van der Waals surface area contributed by atoms with E-state index in [1.807, 2.05) is 24.4 Å². The topological polar surface area (TPSA) is 53.5 Å². The van der Waals surface area contributed by atoms with Crippen molar-refractivity contribution in [2.75, 3.05) is 27.2 Å². The summed E-state index contributed by atoms with van der Waals surface area (Å²) in [6.07, 6.45) is 5.84. The predicted molar refractivity (Wildman–Crippen MR) is 99.7 cm³/mol. The second-order valence-corrected chi connectivity index (χ2v) is 8.85. The van der Waals surface area contributed by atoms with Gasteiger partial charge in [0.15, 0.2) is 0 Å². The lowest BCUT2D eigenvalue weighted by Gasteiger charge is -2.26. The molecule has 6 heteroatoms. The second-order valence-electron chi connectivity index (χ2n) is 6.70. The van der Waals surface area contributed by atoms with E-state index in [9.17, 15) is 8.42 Å². The summed E-state index contributed by atoms with van der Waals surface area (Å²) >= 11 is 0. The van der Waals surface area contributed by atoms with Gasteiger partial charge >= 0.3 is 0 Å². The van der Waals surface area contributed by atoms with E-state index >= 15 is 0 Å². The quantitative estimate of drug-likeness (QED) is 0.823. The zero-order chi connectivity index (χ0) is 17.9. The van der Waals surface area contributed by atoms with E-state index in [4.69, 9.17) is 0 Å². The number of pyridine rings is 1. The lowest BCUT2D eigenvalue weighted by atomic mass is 10.1. The molecule has 0 unspecified atom stereocenters. The number of rotatable bonds is 5. The van der Waals surface area contributed by atoms with Crippen molar-refractivity contribution in [3.05, 3.63) is 48.2 Å². The fourth-order valence-corrected chi connectivity index (χ4v) is 3.97. The Morgan fingerprint density at radius 2 is 1.68 bits per heavy atom. The first-order chi connectivity index (χ1) is 12.0. The minimum Gasteiger partial charge on any atom is -0.299 e. The Bertz CT molecular complexity index is 794. The van der Waals surface area contributed by atoms with Crippen LogP contribution in [0.15, 0.2) is 47.5 Å². The molecule has 3 rings (SSSR count). The average Bonchev–Trinajstić information content (AvgIpc) is 2.63. The fraction of sp³-hybridized carbons (Fsp3) is 0.421. The fourth-order valence-electron chi connectivity index (χ4n) is 3.07. The smallest absolute Gasteiger partial charge is 0.242 e. The van der Waals surface area contributed by atoms with E-state index in [2.05, 4.69) is 16.0 Å². The highest BCUT2D eigenvalue weighted by Gasteiger charge is 2.17. The predicted octanol–water partition coefficient (Wildman–Crippen LogP) is 2.98. The van der Waals surface area contributed by atoms with Gasteiger partial charge < -0.3 is 0 Å². The maximum Gasteiger partial charge on any atom is 0.242 e. The van der Waals surface area contributed by atoms with Crippen molar-refractivity contribution in [3.8, 4) is 11.3 Å². The molecule has 0 amide bonds. The van der Waals surface area contributed by atoms with Gasteiger partial charge in [0.05, 0.1) is 10.6 Å². The Morgan fingerprint density at radius 1 is 1.00 bits per heavy atom. The summed E-state index contributed by atoms with van der Waals surface area (Å²) in [4.78, 5) is 7.32. The highest BCUT2D eigenvalue weighted by atomic mass is 32.2. The standard InChI is InChI=1S/C19H25N3O2S/c1-21(2)25(23,24)18-9-7-17(8-10-18)19-11-6-16(14-20-19)15-22-12-4-3-5-13-22/h6-11,14H,3-5,12-13,15H2,1-2H3.